The first kappa shape index (κ1) is 9.92. The van der Waals surface area contributed by atoms with E-state index in [2.05, 4.69) is 27.3 Å². The Morgan fingerprint density at radius 2 is 2.40 bits per heavy atom. The maximum absolute atomic E-state index is 4.28. The summed E-state index contributed by atoms with van der Waals surface area (Å²) in [5, 5.41) is 7.51. The Morgan fingerprint density at radius 3 is 3.07 bits per heavy atom. The largest absolute Gasteiger partial charge is 0.339 e. The highest BCUT2D eigenvalue weighted by Gasteiger charge is 2.05. The molecule has 2 rings (SSSR count). The second-order valence-electron chi connectivity index (χ2n) is 3.41. The summed E-state index contributed by atoms with van der Waals surface area (Å²) in [5.74, 6) is 0.823. The predicted octanol–water partition coefficient (Wildman–Crippen LogP) is 0.920. The molecular formula is C10H15N5. The molecule has 2 N–H and O–H groups in total. The van der Waals surface area contributed by atoms with Gasteiger partial charge in [-0.15, -0.1) is 0 Å². The van der Waals surface area contributed by atoms with E-state index in [1.807, 2.05) is 25.5 Å². The van der Waals surface area contributed by atoms with Gasteiger partial charge in [0.05, 0.1) is 6.20 Å². The number of nitrogens with zero attached hydrogens (tertiary/aromatic N) is 3. The maximum atomic E-state index is 4.28. The average molecular weight is 205 g/mol. The summed E-state index contributed by atoms with van der Waals surface area (Å²) in [6, 6.07) is 1.94. The molecule has 15 heavy (non-hydrogen) atoms. The fourth-order valence-corrected chi connectivity index (χ4v) is 1.38. The van der Waals surface area contributed by atoms with Crippen molar-refractivity contribution in [2.24, 2.45) is 7.05 Å². The van der Waals surface area contributed by atoms with Crippen molar-refractivity contribution in [3.05, 3.63) is 24.2 Å². The molecule has 2 heterocycles. The molecular weight excluding hydrogens is 190 g/mol. The van der Waals surface area contributed by atoms with Gasteiger partial charge < -0.3 is 10.3 Å². The van der Waals surface area contributed by atoms with Gasteiger partial charge in [-0.2, -0.15) is 5.10 Å². The monoisotopic (exact) mass is 205 g/mol. The molecule has 0 atom stereocenters. The van der Waals surface area contributed by atoms with E-state index in [0.29, 0.717) is 0 Å². The molecule has 5 heteroatoms. The molecule has 0 saturated carbocycles. The second kappa shape index (κ2) is 4.27. The van der Waals surface area contributed by atoms with E-state index in [1.54, 1.807) is 4.68 Å². The fraction of sp³-hybridized carbons (Fsp3) is 0.400. The van der Waals surface area contributed by atoms with Crippen LogP contribution in [0.1, 0.15) is 12.6 Å². The van der Waals surface area contributed by atoms with Crippen LogP contribution in [-0.4, -0.2) is 26.3 Å². The zero-order valence-electron chi connectivity index (χ0n) is 8.99. The van der Waals surface area contributed by atoms with Gasteiger partial charge in [0.15, 0.2) is 5.82 Å². The lowest BCUT2D eigenvalue weighted by atomic mass is 10.4. The van der Waals surface area contributed by atoms with Crippen molar-refractivity contribution in [3.8, 4) is 11.5 Å². The Labute approximate surface area is 88.5 Å². The summed E-state index contributed by atoms with van der Waals surface area (Å²) in [7, 11) is 1.89. The first-order valence-electron chi connectivity index (χ1n) is 5.04. The van der Waals surface area contributed by atoms with Gasteiger partial charge in [0.1, 0.15) is 5.69 Å². The predicted molar refractivity (Wildman–Crippen MR) is 58.2 cm³/mol. The van der Waals surface area contributed by atoms with E-state index >= 15 is 0 Å². The van der Waals surface area contributed by atoms with E-state index in [9.17, 15) is 0 Å². The fourth-order valence-electron chi connectivity index (χ4n) is 1.38. The molecule has 2 aromatic heterocycles. The van der Waals surface area contributed by atoms with Crippen LogP contribution >= 0.6 is 0 Å². The Kier molecular flexibility index (Phi) is 2.82. The lowest BCUT2D eigenvalue weighted by Gasteiger charge is -1.96. The minimum Gasteiger partial charge on any atom is -0.339 e. The topological polar surface area (TPSA) is 58.5 Å². The highest BCUT2D eigenvalue weighted by Crippen LogP contribution is 2.11. The van der Waals surface area contributed by atoms with Gasteiger partial charge in [-0.05, 0) is 12.6 Å². The highest BCUT2D eigenvalue weighted by molar-refractivity contribution is 5.48. The average Bonchev–Trinajstić information content (AvgIpc) is 2.83. The SMILES string of the molecule is CCNCc1cnc(-c2ccn(C)n2)[nH]1. The van der Waals surface area contributed by atoms with E-state index in [4.69, 9.17) is 0 Å². The number of aryl methyl sites for hydroxylation is 1. The third-order valence-electron chi connectivity index (χ3n) is 2.15. The standard InChI is InChI=1S/C10H15N5/c1-3-11-6-8-7-12-10(13-8)9-4-5-15(2)14-9/h4-5,7,11H,3,6H2,1-2H3,(H,12,13). The van der Waals surface area contributed by atoms with E-state index in [0.717, 1.165) is 30.3 Å². The first-order valence-corrected chi connectivity index (χ1v) is 5.04. The molecule has 80 valence electrons. The molecule has 5 nitrogen and oxygen atoms in total. The van der Waals surface area contributed by atoms with Gasteiger partial charge in [-0.1, -0.05) is 6.92 Å². The molecule has 0 radical (unpaired) electrons. The summed E-state index contributed by atoms with van der Waals surface area (Å²) < 4.78 is 1.77. The molecule has 0 fully saturated rings. The number of nitrogens with one attached hydrogen (secondary N) is 2. The first-order chi connectivity index (χ1) is 7.29. The van der Waals surface area contributed by atoms with Gasteiger partial charge in [0.25, 0.3) is 0 Å². The van der Waals surface area contributed by atoms with Crippen LogP contribution in [0.4, 0.5) is 0 Å². The molecule has 0 unspecified atom stereocenters. The maximum Gasteiger partial charge on any atom is 0.158 e. The van der Waals surface area contributed by atoms with Crippen molar-refractivity contribution in [2.45, 2.75) is 13.5 Å². The summed E-state index contributed by atoms with van der Waals surface area (Å²) in [6.07, 6.45) is 3.74. The van der Waals surface area contributed by atoms with Crippen LogP contribution in [0, 0.1) is 0 Å². The van der Waals surface area contributed by atoms with Crippen LogP contribution in [0.3, 0.4) is 0 Å². The van der Waals surface area contributed by atoms with Crippen molar-refractivity contribution < 1.29 is 0 Å². The number of hydrogen-bond acceptors (Lipinski definition) is 3. The minimum atomic E-state index is 0.816. The van der Waals surface area contributed by atoms with Crippen LogP contribution in [0.2, 0.25) is 0 Å². The third kappa shape index (κ3) is 2.24. The number of imidazole rings is 1. The molecule has 0 aliphatic carbocycles. The lowest BCUT2D eigenvalue weighted by molar-refractivity contribution is 0.714. The molecule has 0 bridgehead atoms. The number of H-pyrrole nitrogens is 1. The van der Waals surface area contributed by atoms with Gasteiger partial charge in [-0.3, -0.25) is 4.68 Å². The van der Waals surface area contributed by atoms with E-state index < -0.39 is 0 Å². The minimum absolute atomic E-state index is 0.816. The number of hydrogen-bond donors (Lipinski definition) is 2. The Hall–Kier alpha value is -1.62. The third-order valence-corrected chi connectivity index (χ3v) is 2.15. The van der Waals surface area contributed by atoms with Crippen molar-refractivity contribution in [3.63, 3.8) is 0 Å². The summed E-state index contributed by atoms with van der Waals surface area (Å²) >= 11 is 0. The quantitative estimate of drug-likeness (QED) is 0.780. The molecule has 0 aromatic carbocycles. The molecule has 0 saturated heterocycles. The van der Waals surface area contributed by atoms with Crippen molar-refractivity contribution in [1.29, 1.82) is 0 Å². The smallest absolute Gasteiger partial charge is 0.158 e. The van der Waals surface area contributed by atoms with Crippen molar-refractivity contribution >= 4 is 0 Å². The highest BCUT2D eigenvalue weighted by atomic mass is 15.3. The normalized spacial score (nSPS) is 10.8. The van der Waals surface area contributed by atoms with Gasteiger partial charge in [0, 0.05) is 25.5 Å². The second-order valence-corrected chi connectivity index (χ2v) is 3.41. The Bertz CT molecular complexity index is 428. The summed E-state index contributed by atoms with van der Waals surface area (Å²) in [4.78, 5) is 7.51. The van der Waals surface area contributed by atoms with Crippen LogP contribution in [-0.2, 0) is 13.6 Å². The zero-order chi connectivity index (χ0) is 10.7. The number of aromatic nitrogens is 4. The van der Waals surface area contributed by atoms with E-state index in [-0.39, 0.29) is 0 Å². The molecule has 0 aliphatic rings. The number of rotatable bonds is 4. The van der Waals surface area contributed by atoms with E-state index in [1.165, 1.54) is 0 Å². The van der Waals surface area contributed by atoms with Crippen LogP contribution in [0.15, 0.2) is 18.5 Å². The summed E-state index contributed by atoms with van der Waals surface area (Å²) in [5.41, 5.74) is 1.96. The van der Waals surface area contributed by atoms with Crippen LogP contribution in [0.25, 0.3) is 11.5 Å². The van der Waals surface area contributed by atoms with Crippen LogP contribution < -0.4 is 5.32 Å². The lowest BCUT2D eigenvalue weighted by Crippen LogP contribution is -2.11. The van der Waals surface area contributed by atoms with Crippen LogP contribution in [0.5, 0.6) is 0 Å². The van der Waals surface area contributed by atoms with Crippen molar-refractivity contribution in [2.75, 3.05) is 6.54 Å². The number of aromatic amines is 1. The summed E-state index contributed by atoms with van der Waals surface area (Å²) in [6.45, 7) is 3.85. The Balaban J connectivity index is 2.13. The van der Waals surface area contributed by atoms with Gasteiger partial charge in [-0.25, -0.2) is 4.98 Å². The van der Waals surface area contributed by atoms with Gasteiger partial charge >= 0.3 is 0 Å². The zero-order valence-corrected chi connectivity index (χ0v) is 8.99. The van der Waals surface area contributed by atoms with Crippen molar-refractivity contribution in [1.82, 2.24) is 25.1 Å². The molecule has 0 spiro atoms. The Morgan fingerprint density at radius 1 is 1.53 bits per heavy atom. The van der Waals surface area contributed by atoms with Gasteiger partial charge in [0.2, 0.25) is 0 Å². The molecule has 0 amide bonds. The molecule has 2 aromatic rings. The molecule has 0 aliphatic heterocycles.